The summed E-state index contributed by atoms with van der Waals surface area (Å²) in [7, 11) is 0. The van der Waals surface area contributed by atoms with Crippen molar-refractivity contribution in [2.24, 2.45) is 0 Å². The van der Waals surface area contributed by atoms with Crippen molar-refractivity contribution in [3.05, 3.63) is 63.1 Å². The number of aryl methyl sites for hydroxylation is 2. The fourth-order valence-electron chi connectivity index (χ4n) is 1.94. The summed E-state index contributed by atoms with van der Waals surface area (Å²) in [6, 6.07) is 7.86. The van der Waals surface area contributed by atoms with Crippen LogP contribution in [0.5, 0.6) is 0 Å². The first-order valence-corrected chi connectivity index (χ1v) is 7.48. The summed E-state index contributed by atoms with van der Waals surface area (Å²) in [5, 5.41) is 0. The van der Waals surface area contributed by atoms with E-state index in [-0.39, 0.29) is 18.0 Å². The van der Waals surface area contributed by atoms with Crippen molar-refractivity contribution in [3.63, 3.8) is 0 Å². The van der Waals surface area contributed by atoms with Gasteiger partial charge in [-0.2, -0.15) is 0 Å². The third-order valence-electron chi connectivity index (χ3n) is 2.99. The Balaban J connectivity index is 1.92. The predicted octanol–water partition coefficient (Wildman–Crippen LogP) is 3.94. The van der Waals surface area contributed by atoms with Gasteiger partial charge in [-0.3, -0.25) is 4.79 Å². The molecule has 0 saturated carbocycles. The average Bonchev–Trinajstić information content (AvgIpc) is 2.82. The summed E-state index contributed by atoms with van der Waals surface area (Å²) in [5.41, 5.74) is 0.864. The molecule has 0 radical (unpaired) electrons. The summed E-state index contributed by atoms with van der Waals surface area (Å²) >= 11 is 1.52. The Morgan fingerprint density at radius 3 is 2.64 bits per heavy atom. The normalized spacial score (nSPS) is 10.9. The molecule has 0 saturated heterocycles. The molecule has 5 heteroatoms. The number of carbonyl (C=O) groups is 2. The number of ether oxygens (including phenoxy) is 1. The zero-order chi connectivity index (χ0) is 16.1. The number of ketones is 1. The molecule has 0 amide bonds. The van der Waals surface area contributed by atoms with E-state index in [2.05, 4.69) is 0 Å². The molecule has 0 aliphatic carbocycles. The van der Waals surface area contributed by atoms with Crippen molar-refractivity contribution >= 4 is 29.2 Å². The molecule has 22 heavy (non-hydrogen) atoms. The smallest absolute Gasteiger partial charge is 0.331 e. The van der Waals surface area contributed by atoms with Crippen LogP contribution in [-0.4, -0.2) is 18.4 Å². The lowest BCUT2D eigenvalue weighted by Crippen LogP contribution is -2.12. The van der Waals surface area contributed by atoms with Gasteiger partial charge in [0, 0.05) is 27.0 Å². The van der Waals surface area contributed by atoms with Crippen LogP contribution in [0.1, 0.15) is 25.7 Å². The van der Waals surface area contributed by atoms with Crippen LogP contribution >= 0.6 is 11.3 Å². The van der Waals surface area contributed by atoms with Crippen molar-refractivity contribution in [2.75, 3.05) is 6.61 Å². The third-order valence-corrected chi connectivity index (χ3v) is 3.96. The van der Waals surface area contributed by atoms with E-state index < -0.39 is 11.8 Å². The van der Waals surface area contributed by atoms with Crippen molar-refractivity contribution in [1.82, 2.24) is 0 Å². The molecule has 0 fully saturated rings. The van der Waals surface area contributed by atoms with E-state index in [1.807, 2.05) is 13.8 Å². The second-order valence-electron chi connectivity index (χ2n) is 4.71. The predicted molar refractivity (Wildman–Crippen MR) is 84.5 cm³/mol. The van der Waals surface area contributed by atoms with Gasteiger partial charge in [0.25, 0.3) is 0 Å². The van der Waals surface area contributed by atoms with Gasteiger partial charge in [-0.05, 0) is 32.1 Å². The molecule has 1 aromatic heterocycles. The summed E-state index contributed by atoms with van der Waals surface area (Å²) < 4.78 is 18.3. The minimum atomic E-state index is -0.679. The lowest BCUT2D eigenvalue weighted by atomic mass is 10.2. The van der Waals surface area contributed by atoms with Gasteiger partial charge in [-0.15, -0.1) is 11.3 Å². The van der Waals surface area contributed by atoms with Crippen LogP contribution in [0.25, 0.3) is 6.08 Å². The van der Waals surface area contributed by atoms with E-state index >= 15 is 0 Å². The largest absolute Gasteiger partial charge is 0.454 e. The van der Waals surface area contributed by atoms with Crippen LogP contribution in [0.2, 0.25) is 0 Å². The number of benzene rings is 1. The molecule has 114 valence electrons. The van der Waals surface area contributed by atoms with Gasteiger partial charge in [0.1, 0.15) is 5.82 Å². The van der Waals surface area contributed by atoms with E-state index in [4.69, 9.17) is 4.74 Å². The van der Waals surface area contributed by atoms with Gasteiger partial charge in [0.15, 0.2) is 6.61 Å². The number of thiophene rings is 1. The second kappa shape index (κ2) is 7.13. The van der Waals surface area contributed by atoms with Crippen LogP contribution in [-0.2, 0) is 9.53 Å². The summed E-state index contributed by atoms with van der Waals surface area (Å²) in [6.07, 6.45) is 2.43. The van der Waals surface area contributed by atoms with Gasteiger partial charge >= 0.3 is 5.97 Å². The highest BCUT2D eigenvalue weighted by atomic mass is 32.1. The molecule has 0 spiro atoms. The van der Waals surface area contributed by atoms with Gasteiger partial charge in [-0.25, -0.2) is 9.18 Å². The van der Waals surface area contributed by atoms with Gasteiger partial charge in [0.05, 0.1) is 0 Å². The fourth-order valence-corrected chi connectivity index (χ4v) is 2.88. The molecule has 0 bridgehead atoms. The average molecular weight is 318 g/mol. The third kappa shape index (κ3) is 4.11. The Morgan fingerprint density at radius 2 is 2.00 bits per heavy atom. The number of Topliss-reactive ketones (excluding diaryl/α,β-unsaturated/α-hetero) is 1. The van der Waals surface area contributed by atoms with Gasteiger partial charge in [0.2, 0.25) is 5.78 Å². The molecule has 2 rings (SSSR count). The number of hydrogen-bond acceptors (Lipinski definition) is 4. The van der Waals surface area contributed by atoms with Gasteiger partial charge < -0.3 is 4.74 Å². The Labute approximate surface area is 132 Å². The Hall–Kier alpha value is -2.27. The number of esters is 1. The zero-order valence-corrected chi connectivity index (χ0v) is 13.1. The summed E-state index contributed by atoms with van der Waals surface area (Å²) in [6.45, 7) is 3.44. The lowest BCUT2D eigenvalue weighted by Gasteiger charge is -2.01. The summed E-state index contributed by atoms with van der Waals surface area (Å²) in [5.74, 6) is -1.34. The first-order valence-electron chi connectivity index (χ1n) is 6.67. The van der Waals surface area contributed by atoms with E-state index in [9.17, 15) is 14.0 Å². The maximum absolute atomic E-state index is 13.4. The molecule has 2 aromatic rings. The maximum Gasteiger partial charge on any atom is 0.331 e. The molecule has 0 atom stereocenters. The number of halogens is 1. The highest BCUT2D eigenvalue weighted by Gasteiger charge is 2.13. The number of rotatable bonds is 5. The second-order valence-corrected chi connectivity index (χ2v) is 6.17. The first kappa shape index (κ1) is 16.1. The summed E-state index contributed by atoms with van der Waals surface area (Å²) in [4.78, 5) is 25.5. The Kier molecular flexibility index (Phi) is 5.22. The highest BCUT2D eigenvalue weighted by Crippen LogP contribution is 2.21. The molecule has 3 nitrogen and oxygen atoms in total. The minimum Gasteiger partial charge on any atom is -0.454 e. The van der Waals surface area contributed by atoms with Crippen molar-refractivity contribution in [1.29, 1.82) is 0 Å². The fraction of sp³-hybridized carbons (Fsp3) is 0.176. The van der Waals surface area contributed by atoms with Crippen LogP contribution in [0.4, 0.5) is 4.39 Å². The van der Waals surface area contributed by atoms with Crippen molar-refractivity contribution in [2.45, 2.75) is 13.8 Å². The van der Waals surface area contributed by atoms with E-state index in [1.54, 1.807) is 24.3 Å². The van der Waals surface area contributed by atoms with Crippen LogP contribution in [0, 0.1) is 19.7 Å². The minimum absolute atomic E-state index is 0.241. The van der Waals surface area contributed by atoms with Crippen LogP contribution in [0.3, 0.4) is 0 Å². The molecule has 0 N–H and O–H groups in total. The number of carbonyl (C=O) groups excluding carboxylic acids is 2. The zero-order valence-electron chi connectivity index (χ0n) is 12.3. The van der Waals surface area contributed by atoms with Crippen molar-refractivity contribution in [3.8, 4) is 0 Å². The quantitative estimate of drug-likeness (QED) is 0.476. The van der Waals surface area contributed by atoms with Crippen molar-refractivity contribution < 1.29 is 18.7 Å². The lowest BCUT2D eigenvalue weighted by molar-refractivity contribution is -0.136. The SMILES string of the molecule is Cc1cc(C(=O)COC(=O)/C=C/c2ccccc2F)c(C)s1. The van der Waals surface area contributed by atoms with Gasteiger partial charge in [-0.1, -0.05) is 18.2 Å². The van der Waals surface area contributed by atoms with Crippen LogP contribution in [0.15, 0.2) is 36.4 Å². The molecule has 1 aromatic carbocycles. The molecular weight excluding hydrogens is 303 g/mol. The standard InChI is InChI=1S/C17H15FO3S/c1-11-9-14(12(2)22-11)16(19)10-21-17(20)8-7-13-5-3-4-6-15(13)18/h3-9H,10H2,1-2H3/b8-7+. The van der Waals surface area contributed by atoms with Crippen LogP contribution < -0.4 is 0 Å². The monoisotopic (exact) mass is 318 g/mol. The molecule has 1 heterocycles. The molecular formula is C17H15FO3S. The van der Waals surface area contributed by atoms with E-state index in [0.717, 1.165) is 15.8 Å². The Bertz CT molecular complexity index is 731. The molecule has 0 unspecified atom stereocenters. The highest BCUT2D eigenvalue weighted by molar-refractivity contribution is 7.12. The molecule has 0 aliphatic heterocycles. The van der Waals surface area contributed by atoms with E-state index in [0.29, 0.717) is 5.56 Å². The topological polar surface area (TPSA) is 43.4 Å². The Morgan fingerprint density at radius 1 is 1.27 bits per heavy atom. The first-order chi connectivity index (χ1) is 10.5. The van der Waals surface area contributed by atoms with E-state index in [1.165, 1.54) is 23.5 Å². The molecule has 0 aliphatic rings. The maximum atomic E-state index is 13.4. The number of hydrogen-bond donors (Lipinski definition) is 0.